The van der Waals surface area contributed by atoms with E-state index in [1.54, 1.807) is 22.5 Å². The van der Waals surface area contributed by atoms with E-state index >= 15 is 0 Å². The Morgan fingerprint density at radius 2 is 1.82 bits per heavy atom. The van der Waals surface area contributed by atoms with Crippen molar-refractivity contribution in [2.45, 2.75) is 50.7 Å². The maximum Gasteiger partial charge on any atom is 0.409 e. The lowest BCUT2D eigenvalue weighted by Gasteiger charge is -2.38. The van der Waals surface area contributed by atoms with Crippen LogP contribution in [-0.4, -0.2) is 52.3 Å². The molecule has 3 heterocycles. The molecule has 0 N–H and O–H groups in total. The van der Waals surface area contributed by atoms with Crippen LogP contribution >= 0.6 is 0 Å². The lowest BCUT2D eigenvalue weighted by Crippen LogP contribution is -2.48. The van der Waals surface area contributed by atoms with E-state index in [9.17, 15) is 14.4 Å². The Bertz CT molecular complexity index is 971. The molecule has 1 aromatic heterocycles. The van der Waals surface area contributed by atoms with Crippen molar-refractivity contribution in [2.24, 2.45) is 0 Å². The topological polar surface area (TPSA) is 90.7 Å². The third kappa shape index (κ3) is 2.93. The van der Waals surface area contributed by atoms with Crippen LogP contribution < -0.4 is 5.56 Å². The number of aromatic nitrogens is 2. The average molecular weight is 385 g/mol. The molecule has 2 bridgehead atoms. The summed E-state index contributed by atoms with van der Waals surface area (Å²) in [4.78, 5) is 43.7. The molecule has 2 fully saturated rings. The van der Waals surface area contributed by atoms with Crippen LogP contribution in [0.5, 0.6) is 0 Å². The number of carbonyl (C=O) groups excluding carboxylic acids is 2. The summed E-state index contributed by atoms with van der Waals surface area (Å²) in [5.41, 5.74) is 0.640. The molecule has 8 nitrogen and oxygen atoms in total. The smallest absolute Gasteiger partial charge is 0.409 e. The summed E-state index contributed by atoms with van der Waals surface area (Å²) in [5, 5.41) is 0. The van der Waals surface area contributed by atoms with Gasteiger partial charge in [-0.2, -0.15) is 0 Å². The summed E-state index contributed by atoms with van der Waals surface area (Å²) in [6, 6.07) is 7.23. The van der Waals surface area contributed by atoms with Crippen LogP contribution in [0.25, 0.3) is 11.0 Å². The highest BCUT2D eigenvalue weighted by Crippen LogP contribution is 2.41. The van der Waals surface area contributed by atoms with Gasteiger partial charge in [0.05, 0.1) is 24.8 Å². The van der Waals surface area contributed by atoms with Crippen molar-refractivity contribution in [1.82, 2.24) is 14.5 Å². The normalized spacial score (nSPS) is 23.6. The van der Waals surface area contributed by atoms with Crippen LogP contribution in [-0.2, 0) is 9.47 Å². The summed E-state index contributed by atoms with van der Waals surface area (Å²) in [6.07, 6.45) is 2.74. The number of piperidine rings is 1. The number of nitrogens with zero attached hydrogens (tertiary/aromatic N) is 3. The number of hydrogen-bond acceptors (Lipinski definition) is 6. The van der Waals surface area contributed by atoms with Gasteiger partial charge < -0.3 is 18.9 Å². The second-order valence-corrected chi connectivity index (χ2v) is 7.23. The molecule has 3 atom stereocenters. The fraction of sp³-hybridized carbons (Fsp3) is 0.500. The maximum atomic E-state index is 13.2. The second kappa shape index (κ2) is 7.26. The summed E-state index contributed by atoms with van der Waals surface area (Å²) in [7, 11) is 1.39. The maximum absolute atomic E-state index is 13.2. The van der Waals surface area contributed by atoms with Gasteiger partial charge >= 0.3 is 12.1 Å². The number of fused-ring (bicyclic) bond motifs is 3. The van der Waals surface area contributed by atoms with Gasteiger partial charge in [-0.25, -0.2) is 14.6 Å². The first kappa shape index (κ1) is 18.5. The Morgan fingerprint density at radius 1 is 1.14 bits per heavy atom. The van der Waals surface area contributed by atoms with E-state index in [0.717, 1.165) is 12.8 Å². The second-order valence-electron chi connectivity index (χ2n) is 7.23. The molecule has 0 spiro atoms. The fourth-order valence-electron chi connectivity index (χ4n) is 4.61. The van der Waals surface area contributed by atoms with Crippen molar-refractivity contribution in [2.75, 3.05) is 13.7 Å². The molecule has 0 aliphatic carbocycles. The van der Waals surface area contributed by atoms with Crippen LogP contribution in [0.4, 0.5) is 4.79 Å². The van der Waals surface area contributed by atoms with E-state index in [1.165, 1.54) is 7.11 Å². The van der Waals surface area contributed by atoms with Crippen molar-refractivity contribution >= 4 is 23.1 Å². The summed E-state index contributed by atoms with van der Waals surface area (Å²) in [5.74, 6) is -0.707. The van der Waals surface area contributed by atoms with Crippen LogP contribution in [0.1, 0.15) is 49.1 Å². The van der Waals surface area contributed by atoms with Gasteiger partial charge in [0, 0.05) is 18.1 Å². The first-order valence-electron chi connectivity index (χ1n) is 9.59. The Kier molecular flexibility index (Phi) is 4.78. The standard InChI is InChI=1S/C20H23N3O5/c1-3-28-19(25)17-18(24)23(16-7-5-4-6-15(16)21-17)14-10-12-8-9-13(11-14)22(12)20(26)27-2/h4-7,12-14H,3,8-11H2,1-2H3/t12-,13+,14+. The number of ether oxygens (including phenoxy) is 2. The van der Waals surface area contributed by atoms with Gasteiger partial charge in [-0.15, -0.1) is 0 Å². The molecule has 0 saturated carbocycles. The van der Waals surface area contributed by atoms with Crippen LogP contribution in [0.2, 0.25) is 0 Å². The molecule has 2 aliphatic heterocycles. The predicted molar refractivity (Wildman–Crippen MR) is 101 cm³/mol. The number of para-hydroxylation sites is 2. The van der Waals surface area contributed by atoms with Crippen molar-refractivity contribution in [1.29, 1.82) is 0 Å². The van der Waals surface area contributed by atoms with Gasteiger partial charge in [-0.1, -0.05) is 12.1 Å². The van der Waals surface area contributed by atoms with Gasteiger partial charge in [-0.3, -0.25) is 4.79 Å². The first-order valence-corrected chi connectivity index (χ1v) is 9.59. The SMILES string of the molecule is CCOC(=O)c1nc2ccccc2n([C@H]2C[C@H]3CC[C@@H](C2)N3C(=O)OC)c1=O. The third-order valence-electron chi connectivity index (χ3n) is 5.72. The zero-order valence-electron chi connectivity index (χ0n) is 16.0. The number of rotatable bonds is 3. The highest BCUT2D eigenvalue weighted by Gasteiger charge is 2.45. The molecule has 0 unspecified atom stereocenters. The molecule has 4 rings (SSSR count). The van der Waals surface area contributed by atoms with Gasteiger partial charge in [0.15, 0.2) is 0 Å². The zero-order chi connectivity index (χ0) is 19.8. The van der Waals surface area contributed by atoms with Crippen LogP contribution in [0.15, 0.2) is 29.1 Å². The Labute approximate surface area is 162 Å². The molecular formula is C20H23N3O5. The van der Waals surface area contributed by atoms with E-state index in [4.69, 9.17) is 9.47 Å². The van der Waals surface area contributed by atoms with Crippen LogP contribution in [0.3, 0.4) is 0 Å². The zero-order valence-corrected chi connectivity index (χ0v) is 16.0. The van der Waals surface area contributed by atoms with Gasteiger partial charge in [0.25, 0.3) is 5.56 Å². The van der Waals surface area contributed by atoms with E-state index in [1.807, 2.05) is 18.2 Å². The molecule has 1 aromatic carbocycles. The molecular weight excluding hydrogens is 362 g/mol. The molecule has 8 heteroatoms. The van der Waals surface area contributed by atoms with Crippen molar-refractivity contribution in [3.63, 3.8) is 0 Å². The first-order chi connectivity index (χ1) is 13.5. The van der Waals surface area contributed by atoms with Crippen molar-refractivity contribution < 1.29 is 19.1 Å². The molecule has 0 radical (unpaired) electrons. The number of hydrogen-bond donors (Lipinski definition) is 0. The minimum atomic E-state index is -0.707. The monoisotopic (exact) mass is 385 g/mol. The van der Waals surface area contributed by atoms with Gasteiger partial charge in [0.1, 0.15) is 0 Å². The number of benzene rings is 1. The summed E-state index contributed by atoms with van der Waals surface area (Å²) < 4.78 is 11.6. The third-order valence-corrected chi connectivity index (χ3v) is 5.72. The fourth-order valence-corrected chi connectivity index (χ4v) is 4.61. The van der Waals surface area contributed by atoms with Crippen LogP contribution in [0, 0.1) is 0 Å². The largest absolute Gasteiger partial charge is 0.461 e. The van der Waals surface area contributed by atoms with Crippen molar-refractivity contribution in [3.8, 4) is 0 Å². The van der Waals surface area contributed by atoms with E-state index in [2.05, 4.69) is 4.98 Å². The van der Waals surface area contributed by atoms with E-state index in [0.29, 0.717) is 23.9 Å². The lowest BCUT2D eigenvalue weighted by molar-refractivity contribution is 0.0516. The predicted octanol–water partition coefficient (Wildman–Crippen LogP) is 2.51. The lowest BCUT2D eigenvalue weighted by atomic mass is 9.97. The molecule has 2 aliphatic rings. The quantitative estimate of drug-likeness (QED) is 0.754. The minimum absolute atomic E-state index is 0.0288. The Morgan fingerprint density at radius 3 is 2.46 bits per heavy atom. The van der Waals surface area contributed by atoms with E-state index in [-0.39, 0.29) is 36.5 Å². The molecule has 148 valence electrons. The Hall–Kier alpha value is -2.90. The minimum Gasteiger partial charge on any atom is -0.461 e. The van der Waals surface area contributed by atoms with Gasteiger partial charge in [0.2, 0.25) is 5.69 Å². The van der Waals surface area contributed by atoms with E-state index < -0.39 is 11.5 Å². The summed E-state index contributed by atoms with van der Waals surface area (Å²) in [6.45, 7) is 1.87. The molecule has 1 amide bonds. The molecule has 2 aromatic rings. The number of methoxy groups -OCH3 is 1. The highest BCUT2D eigenvalue weighted by molar-refractivity contribution is 5.89. The van der Waals surface area contributed by atoms with Gasteiger partial charge in [-0.05, 0) is 44.7 Å². The Balaban J connectivity index is 1.79. The average Bonchev–Trinajstić information content (AvgIpc) is 2.96. The van der Waals surface area contributed by atoms with Crippen molar-refractivity contribution in [3.05, 3.63) is 40.3 Å². The summed E-state index contributed by atoms with van der Waals surface area (Å²) >= 11 is 0. The molecule has 2 saturated heterocycles. The number of carbonyl (C=O) groups is 2. The number of esters is 1. The number of amides is 1. The molecule has 28 heavy (non-hydrogen) atoms. The highest BCUT2D eigenvalue weighted by atomic mass is 16.5.